The Kier molecular flexibility index (Phi) is 6.27. The van der Waals surface area contributed by atoms with E-state index in [0.717, 1.165) is 29.2 Å². The normalized spacial score (nSPS) is 12.3. The quantitative estimate of drug-likeness (QED) is 0.707. The molecule has 1 nitrogen and oxygen atoms in total. The highest BCUT2D eigenvalue weighted by atomic mass is 32.2. The summed E-state index contributed by atoms with van der Waals surface area (Å²) < 4.78 is 14.2. The van der Waals surface area contributed by atoms with Gasteiger partial charge in [0.2, 0.25) is 0 Å². The fraction of sp³-hybridized carbons (Fsp3) is 0.333. The number of hydrogen-bond acceptors (Lipinski definition) is 2. The molecule has 0 heterocycles. The van der Waals surface area contributed by atoms with E-state index in [1.165, 1.54) is 5.56 Å². The molecular formula is C18H22FNS. The highest BCUT2D eigenvalue weighted by molar-refractivity contribution is 7.98. The van der Waals surface area contributed by atoms with Crippen LogP contribution in [0, 0.1) is 5.82 Å². The molecule has 2 aromatic rings. The van der Waals surface area contributed by atoms with Crippen molar-refractivity contribution in [3.05, 3.63) is 65.5 Å². The van der Waals surface area contributed by atoms with Crippen LogP contribution in [0.25, 0.3) is 0 Å². The predicted octanol–water partition coefficient (Wildman–Crippen LogP) is 5.18. The van der Waals surface area contributed by atoms with E-state index in [-0.39, 0.29) is 11.9 Å². The minimum Gasteiger partial charge on any atom is -0.310 e. The van der Waals surface area contributed by atoms with Gasteiger partial charge in [0.05, 0.1) is 0 Å². The van der Waals surface area contributed by atoms with Gasteiger partial charge < -0.3 is 5.32 Å². The average Bonchev–Trinajstić information content (AvgIpc) is 2.52. The van der Waals surface area contributed by atoms with Crippen molar-refractivity contribution < 1.29 is 4.39 Å². The van der Waals surface area contributed by atoms with E-state index >= 15 is 0 Å². The Bertz CT molecular complexity index is 556. The summed E-state index contributed by atoms with van der Waals surface area (Å²) in [6, 6.07) is 15.7. The molecule has 1 atom stereocenters. The predicted molar refractivity (Wildman–Crippen MR) is 89.1 cm³/mol. The molecule has 21 heavy (non-hydrogen) atoms. The second-order valence-electron chi connectivity index (χ2n) is 5.11. The van der Waals surface area contributed by atoms with Crippen LogP contribution in [0.5, 0.6) is 0 Å². The van der Waals surface area contributed by atoms with Gasteiger partial charge in [-0.1, -0.05) is 49.4 Å². The molecule has 0 aliphatic carbocycles. The maximum Gasteiger partial charge on any atom is 0.137 e. The molecule has 3 heteroatoms. The Hall–Kier alpha value is -1.32. The highest BCUT2D eigenvalue weighted by Crippen LogP contribution is 2.32. The van der Waals surface area contributed by atoms with Crippen LogP contribution in [0.4, 0.5) is 4.39 Å². The lowest BCUT2D eigenvalue weighted by Crippen LogP contribution is -2.20. The van der Waals surface area contributed by atoms with E-state index in [9.17, 15) is 4.39 Å². The topological polar surface area (TPSA) is 12.0 Å². The molecule has 0 saturated carbocycles. The largest absolute Gasteiger partial charge is 0.310 e. The second kappa shape index (κ2) is 8.20. The lowest BCUT2D eigenvalue weighted by Gasteiger charge is -2.18. The van der Waals surface area contributed by atoms with Crippen molar-refractivity contribution in [2.75, 3.05) is 6.54 Å². The summed E-state index contributed by atoms with van der Waals surface area (Å²) in [7, 11) is 0. The first kappa shape index (κ1) is 16.1. The van der Waals surface area contributed by atoms with Gasteiger partial charge in [-0.2, -0.15) is 0 Å². The zero-order chi connectivity index (χ0) is 15.1. The first-order valence-corrected chi connectivity index (χ1v) is 8.39. The van der Waals surface area contributed by atoms with Crippen molar-refractivity contribution in [3.63, 3.8) is 0 Å². The zero-order valence-corrected chi connectivity index (χ0v) is 13.4. The van der Waals surface area contributed by atoms with Crippen molar-refractivity contribution >= 4 is 11.8 Å². The van der Waals surface area contributed by atoms with E-state index in [1.54, 1.807) is 23.9 Å². The van der Waals surface area contributed by atoms with E-state index in [2.05, 4.69) is 31.3 Å². The van der Waals surface area contributed by atoms with Crippen molar-refractivity contribution in [2.45, 2.75) is 37.0 Å². The third-order valence-corrected chi connectivity index (χ3v) is 4.59. The van der Waals surface area contributed by atoms with E-state index in [1.807, 2.05) is 24.3 Å². The number of thioether (sulfide) groups is 1. The smallest absolute Gasteiger partial charge is 0.137 e. The van der Waals surface area contributed by atoms with E-state index in [4.69, 9.17) is 0 Å². The molecule has 1 N–H and O–H groups in total. The van der Waals surface area contributed by atoms with Crippen LogP contribution in [-0.4, -0.2) is 6.54 Å². The highest BCUT2D eigenvalue weighted by Gasteiger charge is 2.14. The molecule has 2 aromatic carbocycles. The molecular weight excluding hydrogens is 281 g/mol. The fourth-order valence-electron chi connectivity index (χ4n) is 2.22. The maximum absolute atomic E-state index is 14.2. The molecule has 1 unspecified atom stereocenters. The van der Waals surface area contributed by atoms with Gasteiger partial charge in [0.25, 0.3) is 0 Å². The van der Waals surface area contributed by atoms with Crippen LogP contribution >= 0.6 is 11.8 Å². The Morgan fingerprint density at radius 1 is 1.10 bits per heavy atom. The fourth-order valence-corrected chi connectivity index (χ4v) is 3.34. The monoisotopic (exact) mass is 303 g/mol. The third kappa shape index (κ3) is 4.58. The first-order chi connectivity index (χ1) is 10.2. The summed E-state index contributed by atoms with van der Waals surface area (Å²) in [5.41, 5.74) is 2.26. The summed E-state index contributed by atoms with van der Waals surface area (Å²) in [6.45, 7) is 5.17. The van der Waals surface area contributed by atoms with Crippen molar-refractivity contribution in [1.82, 2.24) is 5.32 Å². The van der Waals surface area contributed by atoms with Gasteiger partial charge in [0.1, 0.15) is 5.82 Å². The number of rotatable bonds is 7. The van der Waals surface area contributed by atoms with Gasteiger partial charge in [-0.25, -0.2) is 4.39 Å². The third-order valence-electron chi connectivity index (χ3n) is 3.39. The Balaban J connectivity index is 2.13. The maximum atomic E-state index is 14.2. The minimum atomic E-state index is -0.126. The van der Waals surface area contributed by atoms with Crippen LogP contribution in [0.3, 0.4) is 0 Å². The van der Waals surface area contributed by atoms with E-state index < -0.39 is 0 Å². The molecule has 112 valence electrons. The summed E-state index contributed by atoms with van der Waals surface area (Å²) in [5, 5.41) is 3.43. The minimum absolute atomic E-state index is 0.126. The molecule has 0 aliphatic rings. The molecule has 0 aromatic heterocycles. The average molecular weight is 303 g/mol. The molecule has 0 spiro atoms. The molecule has 0 saturated heterocycles. The zero-order valence-electron chi connectivity index (χ0n) is 12.6. The first-order valence-electron chi connectivity index (χ1n) is 7.41. The van der Waals surface area contributed by atoms with Crippen LogP contribution < -0.4 is 5.32 Å². The Morgan fingerprint density at radius 2 is 1.86 bits per heavy atom. The van der Waals surface area contributed by atoms with Crippen molar-refractivity contribution in [3.8, 4) is 0 Å². The van der Waals surface area contributed by atoms with Crippen LogP contribution in [0.15, 0.2) is 53.4 Å². The summed E-state index contributed by atoms with van der Waals surface area (Å²) >= 11 is 1.57. The number of nitrogens with one attached hydrogen (secondary N) is 1. The van der Waals surface area contributed by atoms with Gasteiger partial charge in [-0.3, -0.25) is 0 Å². The Morgan fingerprint density at radius 3 is 2.57 bits per heavy atom. The summed E-state index contributed by atoms with van der Waals surface area (Å²) in [6.07, 6.45) is 1.08. The van der Waals surface area contributed by atoms with Crippen LogP contribution in [-0.2, 0) is 5.75 Å². The van der Waals surface area contributed by atoms with Crippen LogP contribution in [0.1, 0.15) is 37.4 Å². The number of hydrogen-bond donors (Lipinski definition) is 1. The molecule has 0 amide bonds. The Labute approximate surface area is 131 Å². The van der Waals surface area contributed by atoms with Gasteiger partial charge in [0.15, 0.2) is 0 Å². The van der Waals surface area contributed by atoms with Gasteiger partial charge in [-0.05, 0) is 37.1 Å². The van der Waals surface area contributed by atoms with E-state index in [0.29, 0.717) is 0 Å². The molecule has 0 bridgehead atoms. The SMILES string of the molecule is CCCNC(C)c1cccc(F)c1SCc1ccccc1. The summed E-state index contributed by atoms with van der Waals surface area (Å²) in [4.78, 5) is 0.762. The van der Waals surface area contributed by atoms with Crippen molar-refractivity contribution in [2.24, 2.45) is 0 Å². The lowest BCUT2D eigenvalue weighted by molar-refractivity contribution is 0.543. The van der Waals surface area contributed by atoms with Crippen LogP contribution in [0.2, 0.25) is 0 Å². The molecule has 0 fully saturated rings. The molecule has 0 aliphatic heterocycles. The number of halogens is 1. The standard InChI is InChI=1S/C18H22FNS/c1-3-12-20-14(2)16-10-7-11-17(19)18(16)21-13-15-8-5-4-6-9-15/h4-11,14,20H,3,12-13H2,1-2H3. The molecule has 2 rings (SSSR count). The lowest BCUT2D eigenvalue weighted by atomic mass is 10.1. The van der Waals surface area contributed by atoms with Gasteiger partial charge >= 0.3 is 0 Å². The van der Waals surface area contributed by atoms with Gasteiger partial charge in [0, 0.05) is 16.7 Å². The number of benzene rings is 2. The van der Waals surface area contributed by atoms with Crippen molar-refractivity contribution in [1.29, 1.82) is 0 Å². The second-order valence-corrected chi connectivity index (χ2v) is 6.09. The summed E-state index contributed by atoms with van der Waals surface area (Å²) in [5.74, 6) is 0.661. The van der Waals surface area contributed by atoms with Gasteiger partial charge in [-0.15, -0.1) is 11.8 Å². The molecule has 0 radical (unpaired) electrons.